The molecule has 0 aliphatic heterocycles. The largest absolute Gasteiger partial charge is 0.315 e. The highest BCUT2D eigenvalue weighted by Crippen LogP contribution is 2.21. The summed E-state index contributed by atoms with van der Waals surface area (Å²) in [5.41, 5.74) is 6.56. The third-order valence-corrected chi connectivity index (χ3v) is 5.95. The van der Waals surface area contributed by atoms with E-state index >= 15 is 0 Å². The second kappa shape index (κ2) is 21.2. The van der Waals surface area contributed by atoms with Crippen molar-refractivity contribution in [3.8, 4) is 11.8 Å². The summed E-state index contributed by atoms with van der Waals surface area (Å²) < 4.78 is 0. The van der Waals surface area contributed by atoms with E-state index in [0.29, 0.717) is 0 Å². The first kappa shape index (κ1) is 27.5. The van der Waals surface area contributed by atoms with Gasteiger partial charge in [-0.1, -0.05) is 136 Å². The Morgan fingerprint density at radius 2 is 0.857 bits per heavy atom. The Bertz CT molecular complexity index is 346. The fourth-order valence-corrected chi connectivity index (χ4v) is 3.92. The average Bonchev–Trinajstić information content (AvgIpc) is 2.69. The van der Waals surface area contributed by atoms with Crippen molar-refractivity contribution in [1.82, 2.24) is 0 Å². The fourth-order valence-electron chi connectivity index (χ4n) is 3.92. The van der Waals surface area contributed by atoms with Gasteiger partial charge in [-0.15, -0.1) is 5.92 Å². The van der Waals surface area contributed by atoms with Gasteiger partial charge in [0.05, 0.1) is 5.54 Å². The fraction of sp³-hybridized carbons (Fsp3) is 0.926. The van der Waals surface area contributed by atoms with Crippen molar-refractivity contribution in [3.63, 3.8) is 0 Å². The van der Waals surface area contributed by atoms with E-state index in [2.05, 4.69) is 32.6 Å². The lowest BCUT2D eigenvalue weighted by Crippen LogP contribution is -2.38. The first-order chi connectivity index (χ1) is 13.7. The summed E-state index contributed by atoms with van der Waals surface area (Å²) in [6, 6.07) is 0. The smallest absolute Gasteiger partial charge is 0.0776 e. The van der Waals surface area contributed by atoms with Crippen LogP contribution in [0.3, 0.4) is 0 Å². The highest BCUT2D eigenvalue weighted by Gasteiger charge is 2.21. The van der Waals surface area contributed by atoms with Gasteiger partial charge in [0, 0.05) is 6.42 Å². The molecule has 0 aromatic rings. The maximum atomic E-state index is 6.79. The minimum Gasteiger partial charge on any atom is -0.315 e. The van der Waals surface area contributed by atoms with E-state index < -0.39 is 0 Å². The van der Waals surface area contributed by atoms with Gasteiger partial charge in [0.2, 0.25) is 0 Å². The van der Waals surface area contributed by atoms with Crippen molar-refractivity contribution in [3.05, 3.63) is 0 Å². The maximum Gasteiger partial charge on any atom is 0.0776 e. The van der Waals surface area contributed by atoms with Crippen LogP contribution in [0.4, 0.5) is 0 Å². The van der Waals surface area contributed by atoms with Crippen LogP contribution in [0.15, 0.2) is 0 Å². The molecule has 0 fully saturated rings. The van der Waals surface area contributed by atoms with Crippen molar-refractivity contribution in [2.75, 3.05) is 0 Å². The summed E-state index contributed by atoms with van der Waals surface area (Å²) in [6.07, 6.45) is 27.4. The molecule has 0 amide bonds. The molecule has 0 aromatic carbocycles. The second-order valence-corrected chi connectivity index (χ2v) is 9.01. The zero-order valence-electron chi connectivity index (χ0n) is 19.9. The molecule has 0 radical (unpaired) electrons. The quantitative estimate of drug-likeness (QED) is 0.163. The molecule has 0 rings (SSSR count). The zero-order chi connectivity index (χ0) is 20.8. The molecule has 0 aliphatic carbocycles. The Morgan fingerprint density at radius 1 is 0.500 bits per heavy atom. The summed E-state index contributed by atoms with van der Waals surface area (Å²) in [4.78, 5) is 0. The molecule has 0 saturated heterocycles. The highest BCUT2D eigenvalue weighted by molar-refractivity contribution is 5.16. The normalized spacial score (nSPS) is 11.4. The van der Waals surface area contributed by atoms with Gasteiger partial charge in [-0.25, -0.2) is 0 Å². The van der Waals surface area contributed by atoms with E-state index in [4.69, 9.17) is 5.73 Å². The molecule has 0 saturated carbocycles. The second-order valence-electron chi connectivity index (χ2n) is 9.01. The Kier molecular flexibility index (Phi) is 20.9. The maximum absolute atomic E-state index is 6.79. The van der Waals surface area contributed by atoms with Gasteiger partial charge < -0.3 is 5.73 Å². The SMILES string of the molecule is CCCCCCCCC#CC(N)(CCCCCCCC)CCCCCCCC. The van der Waals surface area contributed by atoms with Gasteiger partial charge in [0.1, 0.15) is 0 Å². The molecule has 0 atom stereocenters. The van der Waals surface area contributed by atoms with Crippen LogP contribution in [-0.2, 0) is 0 Å². The van der Waals surface area contributed by atoms with Crippen LogP contribution in [-0.4, -0.2) is 5.54 Å². The van der Waals surface area contributed by atoms with Crippen LogP contribution in [0.2, 0.25) is 0 Å². The molecular formula is C27H53N. The lowest BCUT2D eigenvalue weighted by Gasteiger charge is -2.24. The molecule has 166 valence electrons. The van der Waals surface area contributed by atoms with Crippen LogP contribution in [0.25, 0.3) is 0 Å². The third kappa shape index (κ3) is 18.9. The molecule has 28 heavy (non-hydrogen) atoms. The van der Waals surface area contributed by atoms with Crippen LogP contribution in [0.5, 0.6) is 0 Å². The van der Waals surface area contributed by atoms with Crippen LogP contribution in [0.1, 0.15) is 156 Å². The van der Waals surface area contributed by atoms with Crippen LogP contribution >= 0.6 is 0 Å². The third-order valence-electron chi connectivity index (χ3n) is 5.95. The van der Waals surface area contributed by atoms with Crippen molar-refractivity contribution in [2.45, 2.75) is 161 Å². The average molecular weight is 392 g/mol. The van der Waals surface area contributed by atoms with Crippen molar-refractivity contribution in [1.29, 1.82) is 0 Å². The molecule has 0 aromatic heterocycles. The molecular weight excluding hydrogens is 338 g/mol. The molecule has 0 aliphatic rings. The summed E-state index contributed by atoms with van der Waals surface area (Å²) >= 11 is 0. The van der Waals surface area contributed by atoms with Crippen LogP contribution in [0, 0.1) is 11.8 Å². The Labute approximate surface area is 179 Å². The number of hydrogen-bond acceptors (Lipinski definition) is 1. The molecule has 1 nitrogen and oxygen atoms in total. The molecule has 0 spiro atoms. The van der Waals surface area contributed by atoms with Gasteiger partial charge in [-0.2, -0.15) is 0 Å². The standard InChI is InChI=1S/C27H53N/c1-4-7-10-13-16-17-20-23-26-27(28,24-21-18-14-11-8-5-2)25-22-19-15-12-9-6-3/h4-22,24-25,28H2,1-3H3. The van der Waals surface area contributed by atoms with E-state index in [1.807, 2.05) is 0 Å². The lowest BCUT2D eigenvalue weighted by atomic mass is 9.87. The van der Waals surface area contributed by atoms with Gasteiger partial charge in [-0.3, -0.25) is 0 Å². The number of nitrogens with two attached hydrogens (primary N) is 1. The van der Waals surface area contributed by atoms with Gasteiger partial charge in [0.15, 0.2) is 0 Å². The molecule has 0 unspecified atom stereocenters. The van der Waals surface area contributed by atoms with E-state index in [0.717, 1.165) is 19.3 Å². The Morgan fingerprint density at radius 3 is 1.29 bits per heavy atom. The van der Waals surface area contributed by atoms with Crippen molar-refractivity contribution >= 4 is 0 Å². The van der Waals surface area contributed by atoms with Gasteiger partial charge in [0.25, 0.3) is 0 Å². The topological polar surface area (TPSA) is 26.0 Å². The first-order valence-corrected chi connectivity index (χ1v) is 13.0. The Hall–Kier alpha value is -0.480. The monoisotopic (exact) mass is 391 g/mol. The predicted octanol–water partition coefficient (Wildman–Crippen LogP) is 8.94. The van der Waals surface area contributed by atoms with Crippen molar-refractivity contribution < 1.29 is 0 Å². The zero-order valence-corrected chi connectivity index (χ0v) is 19.9. The number of unbranched alkanes of at least 4 members (excludes halogenated alkanes) is 16. The highest BCUT2D eigenvalue weighted by atomic mass is 14.7. The van der Waals surface area contributed by atoms with E-state index in [1.165, 1.54) is 116 Å². The van der Waals surface area contributed by atoms with Crippen LogP contribution < -0.4 is 5.73 Å². The Balaban J connectivity index is 4.20. The van der Waals surface area contributed by atoms with Crippen molar-refractivity contribution in [2.24, 2.45) is 5.73 Å². The summed E-state index contributed by atoms with van der Waals surface area (Å²) in [7, 11) is 0. The summed E-state index contributed by atoms with van der Waals surface area (Å²) in [5, 5.41) is 0. The molecule has 2 N–H and O–H groups in total. The number of rotatable bonds is 20. The van der Waals surface area contributed by atoms with E-state index in [9.17, 15) is 0 Å². The summed E-state index contributed by atoms with van der Waals surface area (Å²) in [5.74, 6) is 6.99. The minimum absolute atomic E-state index is 0.224. The number of hydrogen-bond donors (Lipinski definition) is 1. The lowest BCUT2D eigenvalue weighted by molar-refractivity contribution is 0.415. The van der Waals surface area contributed by atoms with Gasteiger partial charge >= 0.3 is 0 Å². The summed E-state index contributed by atoms with van der Waals surface area (Å²) in [6.45, 7) is 6.84. The van der Waals surface area contributed by atoms with E-state index in [1.54, 1.807) is 0 Å². The van der Waals surface area contributed by atoms with Gasteiger partial charge in [-0.05, 0) is 19.3 Å². The molecule has 0 heterocycles. The molecule has 0 bridgehead atoms. The van der Waals surface area contributed by atoms with E-state index in [-0.39, 0.29) is 5.54 Å². The first-order valence-electron chi connectivity index (χ1n) is 13.0. The predicted molar refractivity (Wildman–Crippen MR) is 129 cm³/mol. The molecule has 1 heteroatoms. The minimum atomic E-state index is -0.224.